The van der Waals surface area contributed by atoms with Gasteiger partial charge in [0.2, 0.25) is 0 Å². The first kappa shape index (κ1) is 16.3. The van der Waals surface area contributed by atoms with Crippen molar-refractivity contribution in [3.8, 4) is 0 Å². The van der Waals surface area contributed by atoms with Crippen LogP contribution in [0.25, 0.3) is 0 Å². The van der Waals surface area contributed by atoms with Gasteiger partial charge in [-0.3, -0.25) is 9.59 Å². The van der Waals surface area contributed by atoms with Crippen molar-refractivity contribution >= 4 is 11.7 Å². The lowest BCUT2D eigenvalue weighted by Crippen LogP contribution is -2.42. The quantitative estimate of drug-likeness (QED) is 0.805. The summed E-state index contributed by atoms with van der Waals surface area (Å²) in [5.41, 5.74) is 0.453. The van der Waals surface area contributed by atoms with Gasteiger partial charge in [-0.05, 0) is 25.0 Å². The molecule has 1 fully saturated rings. The molecule has 1 aliphatic heterocycles. The SMILES string of the molecule is O=C(c1ccccc1)[C@@H]1CCCN(C(=O)c2ccc(F)cc2F)C1. The minimum absolute atomic E-state index is 0.00678. The maximum atomic E-state index is 13.8. The molecule has 2 aromatic carbocycles. The van der Waals surface area contributed by atoms with E-state index in [-0.39, 0.29) is 23.8 Å². The van der Waals surface area contributed by atoms with E-state index < -0.39 is 17.5 Å². The summed E-state index contributed by atoms with van der Waals surface area (Å²) in [5.74, 6) is -2.41. The molecule has 5 heteroatoms. The molecule has 0 saturated carbocycles. The number of hydrogen-bond acceptors (Lipinski definition) is 2. The van der Waals surface area contributed by atoms with Crippen molar-refractivity contribution in [3.05, 3.63) is 71.3 Å². The van der Waals surface area contributed by atoms with Gasteiger partial charge in [-0.2, -0.15) is 0 Å². The van der Waals surface area contributed by atoms with E-state index in [0.717, 1.165) is 12.1 Å². The van der Waals surface area contributed by atoms with Crippen LogP contribution in [0.5, 0.6) is 0 Å². The number of rotatable bonds is 3. The molecule has 2 aromatic rings. The first-order valence-corrected chi connectivity index (χ1v) is 7.90. The maximum Gasteiger partial charge on any atom is 0.256 e. The smallest absolute Gasteiger partial charge is 0.256 e. The Balaban J connectivity index is 1.75. The Kier molecular flexibility index (Phi) is 4.69. The van der Waals surface area contributed by atoms with E-state index in [4.69, 9.17) is 0 Å². The third-order valence-corrected chi connectivity index (χ3v) is 4.30. The van der Waals surface area contributed by atoms with E-state index >= 15 is 0 Å². The van der Waals surface area contributed by atoms with Gasteiger partial charge in [0.15, 0.2) is 5.78 Å². The summed E-state index contributed by atoms with van der Waals surface area (Å²) in [6.45, 7) is 0.720. The standard InChI is InChI=1S/C19H17F2NO2/c20-15-8-9-16(17(21)11-15)19(24)22-10-4-7-14(12-22)18(23)13-5-2-1-3-6-13/h1-3,5-6,8-9,11,14H,4,7,10,12H2/t14-/m1/s1. The van der Waals surface area contributed by atoms with Crippen molar-refractivity contribution in [1.82, 2.24) is 4.90 Å². The van der Waals surface area contributed by atoms with Crippen molar-refractivity contribution in [3.63, 3.8) is 0 Å². The minimum atomic E-state index is -0.878. The van der Waals surface area contributed by atoms with E-state index in [9.17, 15) is 18.4 Å². The summed E-state index contributed by atoms with van der Waals surface area (Å²) >= 11 is 0. The predicted molar refractivity (Wildman–Crippen MR) is 85.8 cm³/mol. The number of likely N-dealkylation sites (tertiary alicyclic amines) is 1. The molecule has 1 aliphatic rings. The van der Waals surface area contributed by atoms with Crippen LogP contribution in [0.2, 0.25) is 0 Å². The van der Waals surface area contributed by atoms with Crippen LogP contribution in [-0.4, -0.2) is 29.7 Å². The summed E-state index contributed by atoms with van der Waals surface area (Å²) in [4.78, 5) is 26.5. The molecule has 0 bridgehead atoms. The lowest BCUT2D eigenvalue weighted by Gasteiger charge is -2.32. The fraction of sp³-hybridized carbons (Fsp3) is 0.263. The number of piperidine rings is 1. The van der Waals surface area contributed by atoms with Gasteiger partial charge in [-0.15, -0.1) is 0 Å². The second-order valence-corrected chi connectivity index (χ2v) is 5.94. The molecule has 0 radical (unpaired) electrons. The van der Waals surface area contributed by atoms with E-state index in [2.05, 4.69) is 0 Å². The zero-order valence-electron chi connectivity index (χ0n) is 13.0. The number of hydrogen-bond donors (Lipinski definition) is 0. The maximum absolute atomic E-state index is 13.8. The van der Waals surface area contributed by atoms with Crippen molar-refractivity contribution in [2.24, 2.45) is 5.92 Å². The predicted octanol–water partition coefficient (Wildman–Crippen LogP) is 3.70. The molecule has 3 rings (SSSR count). The second kappa shape index (κ2) is 6.91. The molecule has 0 spiro atoms. The average molecular weight is 329 g/mol. The molecular formula is C19H17F2NO2. The van der Waals surface area contributed by atoms with E-state index in [1.165, 1.54) is 4.90 Å². The van der Waals surface area contributed by atoms with Gasteiger partial charge in [0.05, 0.1) is 5.56 Å². The van der Waals surface area contributed by atoms with Crippen LogP contribution in [0.3, 0.4) is 0 Å². The van der Waals surface area contributed by atoms with Crippen LogP contribution in [0.1, 0.15) is 33.6 Å². The highest BCUT2D eigenvalue weighted by molar-refractivity contribution is 5.99. The van der Waals surface area contributed by atoms with Crippen molar-refractivity contribution < 1.29 is 18.4 Å². The third-order valence-electron chi connectivity index (χ3n) is 4.30. The second-order valence-electron chi connectivity index (χ2n) is 5.94. The average Bonchev–Trinajstić information content (AvgIpc) is 2.61. The van der Waals surface area contributed by atoms with Crippen molar-refractivity contribution in [1.29, 1.82) is 0 Å². The fourth-order valence-corrected chi connectivity index (χ4v) is 3.05. The van der Waals surface area contributed by atoms with Gasteiger partial charge in [0.25, 0.3) is 5.91 Å². The third kappa shape index (κ3) is 3.35. The van der Waals surface area contributed by atoms with Crippen molar-refractivity contribution in [2.75, 3.05) is 13.1 Å². The van der Waals surface area contributed by atoms with E-state index in [1.807, 2.05) is 6.07 Å². The first-order chi connectivity index (χ1) is 11.6. The monoisotopic (exact) mass is 329 g/mol. The van der Waals surface area contributed by atoms with Crippen LogP contribution in [0.4, 0.5) is 8.78 Å². The van der Waals surface area contributed by atoms with Crippen LogP contribution in [0.15, 0.2) is 48.5 Å². The number of carbonyl (C=O) groups is 2. The Hall–Kier alpha value is -2.56. The summed E-state index contributed by atoms with van der Waals surface area (Å²) in [5, 5.41) is 0. The molecule has 0 aliphatic carbocycles. The van der Waals surface area contributed by atoms with E-state index in [0.29, 0.717) is 31.0 Å². The number of amides is 1. The van der Waals surface area contributed by atoms with Gasteiger partial charge in [-0.25, -0.2) is 8.78 Å². The molecule has 1 amide bonds. The van der Waals surface area contributed by atoms with Crippen LogP contribution >= 0.6 is 0 Å². The Morgan fingerprint density at radius 1 is 1.04 bits per heavy atom. The lowest BCUT2D eigenvalue weighted by molar-refractivity contribution is 0.0633. The van der Waals surface area contributed by atoms with Gasteiger partial charge in [-0.1, -0.05) is 30.3 Å². The molecule has 0 N–H and O–H groups in total. The zero-order valence-corrected chi connectivity index (χ0v) is 13.0. The molecule has 1 saturated heterocycles. The van der Waals surface area contributed by atoms with Crippen LogP contribution in [0, 0.1) is 17.6 Å². The Labute approximate surface area is 138 Å². The molecule has 0 unspecified atom stereocenters. The Bertz CT molecular complexity index is 761. The molecule has 1 atom stereocenters. The first-order valence-electron chi connectivity index (χ1n) is 7.90. The molecule has 24 heavy (non-hydrogen) atoms. The number of Topliss-reactive ketones (excluding diaryl/α,β-unsaturated/α-hetero) is 1. The number of halogens is 2. The molecule has 3 nitrogen and oxygen atoms in total. The summed E-state index contributed by atoms with van der Waals surface area (Å²) in [6, 6.07) is 11.8. The highest BCUT2D eigenvalue weighted by atomic mass is 19.1. The largest absolute Gasteiger partial charge is 0.338 e. The van der Waals surface area contributed by atoms with Crippen LogP contribution < -0.4 is 0 Å². The Morgan fingerprint density at radius 3 is 2.50 bits per heavy atom. The lowest BCUT2D eigenvalue weighted by atomic mass is 9.89. The van der Waals surface area contributed by atoms with Gasteiger partial charge in [0, 0.05) is 30.6 Å². The highest BCUT2D eigenvalue weighted by Crippen LogP contribution is 2.23. The summed E-state index contributed by atoms with van der Waals surface area (Å²) in [6.07, 6.45) is 1.38. The number of nitrogens with zero attached hydrogens (tertiary/aromatic N) is 1. The van der Waals surface area contributed by atoms with Crippen LogP contribution in [-0.2, 0) is 0 Å². The number of ketones is 1. The van der Waals surface area contributed by atoms with Gasteiger partial charge in [0.1, 0.15) is 11.6 Å². The molecular weight excluding hydrogens is 312 g/mol. The van der Waals surface area contributed by atoms with Gasteiger partial charge < -0.3 is 4.90 Å². The Morgan fingerprint density at radius 2 is 1.79 bits per heavy atom. The van der Waals surface area contributed by atoms with Crippen molar-refractivity contribution in [2.45, 2.75) is 12.8 Å². The molecule has 0 aromatic heterocycles. The summed E-state index contributed by atoms with van der Waals surface area (Å²) < 4.78 is 26.8. The summed E-state index contributed by atoms with van der Waals surface area (Å²) in [7, 11) is 0. The topological polar surface area (TPSA) is 37.4 Å². The number of benzene rings is 2. The zero-order chi connectivity index (χ0) is 17.1. The van der Waals surface area contributed by atoms with Gasteiger partial charge >= 0.3 is 0 Å². The molecule has 124 valence electrons. The highest BCUT2D eigenvalue weighted by Gasteiger charge is 2.30. The van der Waals surface area contributed by atoms with E-state index in [1.54, 1.807) is 24.3 Å². The minimum Gasteiger partial charge on any atom is -0.338 e. The molecule has 1 heterocycles. The number of carbonyl (C=O) groups excluding carboxylic acids is 2. The fourth-order valence-electron chi connectivity index (χ4n) is 3.05. The normalized spacial score (nSPS) is 17.6.